The highest BCUT2D eigenvalue weighted by atomic mass is 32.1. The van der Waals surface area contributed by atoms with Crippen LogP contribution in [0, 0.1) is 0 Å². The number of aryl methyl sites for hydroxylation is 1. The lowest BCUT2D eigenvalue weighted by atomic mass is 9.92. The first-order valence-electron chi connectivity index (χ1n) is 8.89. The second-order valence-corrected chi connectivity index (χ2v) is 7.74. The number of fused-ring (bicyclic) bond motifs is 2. The van der Waals surface area contributed by atoms with Gasteiger partial charge in [0.1, 0.15) is 5.82 Å². The number of hydrogen-bond donors (Lipinski definition) is 3. The molecule has 140 valence electrons. The van der Waals surface area contributed by atoms with Crippen LogP contribution in [0.1, 0.15) is 33.1 Å². The number of rotatable bonds is 3. The Morgan fingerprint density at radius 3 is 2.96 bits per heavy atom. The molecule has 7 nitrogen and oxygen atoms in total. The van der Waals surface area contributed by atoms with Crippen molar-refractivity contribution in [3.8, 4) is 0 Å². The van der Waals surface area contributed by atoms with Gasteiger partial charge in [0.25, 0.3) is 5.91 Å². The van der Waals surface area contributed by atoms with Crippen LogP contribution in [-0.2, 0) is 11.8 Å². The van der Waals surface area contributed by atoms with E-state index in [0.29, 0.717) is 23.6 Å². The number of anilines is 2. The zero-order chi connectivity index (χ0) is 19.3. The third kappa shape index (κ3) is 2.61. The van der Waals surface area contributed by atoms with Crippen molar-refractivity contribution in [1.82, 2.24) is 14.8 Å². The number of aromatic nitrogens is 3. The van der Waals surface area contributed by atoms with Crippen molar-refractivity contribution in [2.45, 2.75) is 12.3 Å². The molecule has 0 saturated carbocycles. The Labute approximate surface area is 164 Å². The van der Waals surface area contributed by atoms with Gasteiger partial charge < -0.3 is 15.6 Å². The number of para-hydroxylation sites is 1. The molecular formula is C20H17N5O2S. The number of nitrogens with one attached hydrogen (secondary N) is 3. The van der Waals surface area contributed by atoms with E-state index in [2.05, 4.69) is 20.7 Å². The highest BCUT2D eigenvalue weighted by molar-refractivity contribution is 7.10. The number of aromatic amines is 1. The molecule has 5 rings (SSSR count). The van der Waals surface area contributed by atoms with Crippen LogP contribution in [0.4, 0.5) is 11.6 Å². The van der Waals surface area contributed by atoms with Gasteiger partial charge in [0.05, 0.1) is 5.56 Å². The van der Waals surface area contributed by atoms with Crippen LogP contribution in [0.25, 0.3) is 10.9 Å². The van der Waals surface area contributed by atoms with Crippen molar-refractivity contribution in [3.63, 3.8) is 0 Å². The lowest BCUT2D eigenvalue weighted by molar-refractivity contribution is -0.116. The Morgan fingerprint density at radius 2 is 2.14 bits per heavy atom. The summed E-state index contributed by atoms with van der Waals surface area (Å²) in [7, 11) is 1.76. The fraction of sp³-hybridized carbons (Fsp3) is 0.150. The highest BCUT2D eigenvalue weighted by Crippen LogP contribution is 2.42. The van der Waals surface area contributed by atoms with Gasteiger partial charge in [-0.25, -0.2) is 0 Å². The monoisotopic (exact) mass is 391 g/mol. The van der Waals surface area contributed by atoms with Crippen LogP contribution in [0.5, 0.6) is 0 Å². The van der Waals surface area contributed by atoms with Crippen molar-refractivity contribution in [2.75, 3.05) is 10.6 Å². The van der Waals surface area contributed by atoms with Crippen LogP contribution in [0.2, 0.25) is 0 Å². The Hall–Kier alpha value is -3.39. The summed E-state index contributed by atoms with van der Waals surface area (Å²) < 4.78 is 1.61. The van der Waals surface area contributed by atoms with Gasteiger partial charge in [0.15, 0.2) is 5.82 Å². The summed E-state index contributed by atoms with van der Waals surface area (Å²) in [5.74, 6) is 0.689. The van der Waals surface area contributed by atoms with Gasteiger partial charge in [0, 0.05) is 46.9 Å². The normalized spacial score (nSPS) is 16.0. The van der Waals surface area contributed by atoms with Crippen molar-refractivity contribution < 1.29 is 9.59 Å². The van der Waals surface area contributed by atoms with Gasteiger partial charge in [-0.3, -0.25) is 14.3 Å². The summed E-state index contributed by atoms with van der Waals surface area (Å²) in [6.07, 6.45) is 2.03. The molecule has 3 aromatic heterocycles. The molecule has 1 unspecified atom stereocenters. The van der Waals surface area contributed by atoms with Crippen LogP contribution in [0.15, 0.2) is 48.0 Å². The maximum atomic E-state index is 13.0. The molecule has 0 fully saturated rings. The molecule has 0 bridgehead atoms. The van der Waals surface area contributed by atoms with Gasteiger partial charge in [-0.1, -0.05) is 24.3 Å². The van der Waals surface area contributed by atoms with E-state index in [1.807, 2.05) is 41.8 Å². The van der Waals surface area contributed by atoms with Crippen molar-refractivity contribution >= 4 is 45.7 Å². The van der Waals surface area contributed by atoms with Crippen molar-refractivity contribution in [2.24, 2.45) is 7.05 Å². The maximum absolute atomic E-state index is 13.0. The van der Waals surface area contributed by atoms with Crippen molar-refractivity contribution in [1.29, 1.82) is 0 Å². The topological polar surface area (TPSA) is 91.8 Å². The zero-order valence-electron chi connectivity index (χ0n) is 15.0. The predicted molar refractivity (Wildman–Crippen MR) is 109 cm³/mol. The molecule has 1 aromatic carbocycles. The van der Waals surface area contributed by atoms with Gasteiger partial charge >= 0.3 is 0 Å². The zero-order valence-corrected chi connectivity index (χ0v) is 15.8. The Morgan fingerprint density at radius 1 is 1.29 bits per heavy atom. The standard InChI is InChI=1S/C20H17N5O2S/c1-25-19-17(12(9-16(26)22-19)15-7-4-8-28-15)18(24-25)23-20(27)13-10-21-14-6-3-2-5-11(13)14/h2-8,10,12,21H,9H2,1H3,(H,22,26)(H,23,24,27). The molecule has 28 heavy (non-hydrogen) atoms. The second kappa shape index (κ2) is 6.35. The summed E-state index contributed by atoms with van der Waals surface area (Å²) in [5, 5.41) is 13.2. The molecule has 2 amide bonds. The molecule has 3 N–H and O–H groups in total. The minimum atomic E-state index is -0.236. The lowest BCUT2D eigenvalue weighted by Gasteiger charge is -2.23. The average molecular weight is 391 g/mol. The molecule has 0 saturated heterocycles. The molecule has 8 heteroatoms. The van der Waals surface area contributed by atoms with Gasteiger partial charge in [-0.05, 0) is 17.5 Å². The van der Waals surface area contributed by atoms with E-state index in [4.69, 9.17) is 0 Å². The molecule has 1 atom stereocenters. The highest BCUT2D eigenvalue weighted by Gasteiger charge is 2.34. The number of nitrogens with zero attached hydrogens (tertiary/aromatic N) is 2. The summed E-state index contributed by atoms with van der Waals surface area (Å²) >= 11 is 1.60. The molecule has 4 aromatic rings. The smallest absolute Gasteiger partial charge is 0.259 e. The molecule has 0 radical (unpaired) electrons. The lowest BCUT2D eigenvalue weighted by Crippen LogP contribution is -2.24. The van der Waals surface area contributed by atoms with E-state index >= 15 is 0 Å². The molecule has 1 aliphatic heterocycles. The van der Waals surface area contributed by atoms with Gasteiger partial charge in [-0.15, -0.1) is 11.3 Å². The van der Waals surface area contributed by atoms with E-state index in [0.717, 1.165) is 21.3 Å². The summed E-state index contributed by atoms with van der Waals surface area (Å²) in [5.41, 5.74) is 2.31. The van der Waals surface area contributed by atoms with E-state index in [1.165, 1.54) is 0 Å². The molecular weight excluding hydrogens is 374 g/mol. The summed E-state index contributed by atoms with van der Waals surface area (Å²) in [6.45, 7) is 0. The third-order valence-electron chi connectivity index (χ3n) is 5.03. The van der Waals surface area contributed by atoms with E-state index in [1.54, 1.807) is 29.3 Å². The third-order valence-corrected chi connectivity index (χ3v) is 6.02. The van der Waals surface area contributed by atoms with E-state index in [9.17, 15) is 9.59 Å². The maximum Gasteiger partial charge on any atom is 0.259 e. The second-order valence-electron chi connectivity index (χ2n) is 6.76. The first-order chi connectivity index (χ1) is 13.6. The van der Waals surface area contributed by atoms with Crippen LogP contribution < -0.4 is 10.6 Å². The van der Waals surface area contributed by atoms with Crippen LogP contribution >= 0.6 is 11.3 Å². The molecule has 1 aliphatic rings. The Kier molecular flexibility index (Phi) is 3.80. The first-order valence-corrected chi connectivity index (χ1v) is 9.77. The number of benzene rings is 1. The van der Waals surface area contributed by atoms with Gasteiger partial charge in [-0.2, -0.15) is 5.10 Å². The number of thiophene rings is 1. The fourth-order valence-electron chi connectivity index (χ4n) is 3.75. The van der Waals surface area contributed by atoms with Crippen LogP contribution in [-0.4, -0.2) is 26.6 Å². The first kappa shape index (κ1) is 16.8. The fourth-order valence-corrected chi connectivity index (χ4v) is 4.59. The van der Waals surface area contributed by atoms with E-state index in [-0.39, 0.29) is 17.7 Å². The quantitative estimate of drug-likeness (QED) is 0.497. The number of H-pyrrole nitrogens is 1. The minimum absolute atomic E-state index is 0.0524. The number of amides is 2. The largest absolute Gasteiger partial charge is 0.360 e. The molecule has 0 aliphatic carbocycles. The summed E-state index contributed by atoms with van der Waals surface area (Å²) in [6, 6.07) is 11.6. The number of hydrogen-bond acceptors (Lipinski definition) is 4. The molecule has 0 spiro atoms. The van der Waals surface area contributed by atoms with Crippen LogP contribution in [0.3, 0.4) is 0 Å². The Balaban J connectivity index is 1.56. The minimum Gasteiger partial charge on any atom is -0.360 e. The van der Waals surface area contributed by atoms with Gasteiger partial charge in [0.2, 0.25) is 5.91 Å². The average Bonchev–Trinajstić information content (AvgIpc) is 3.41. The Bertz CT molecular complexity index is 1200. The number of carbonyl (C=O) groups is 2. The summed E-state index contributed by atoms with van der Waals surface area (Å²) in [4.78, 5) is 29.4. The molecule has 4 heterocycles. The number of carbonyl (C=O) groups excluding carboxylic acids is 2. The predicted octanol–water partition coefficient (Wildman–Crippen LogP) is 3.69. The van der Waals surface area contributed by atoms with Crippen molar-refractivity contribution in [3.05, 3.63) is 64.0 Å². The van der Waals surface area contributed by atoms with E-state index < -0.39 is 0 Å². The SMILES string of the molecule is Cn1nc(NC(=O)c2c[nH]c3ccccc23)c2c1NC(=O)CC2c1cccs1.